The lowest BCUT2D eigenvalue weighted by molar-refractivity contribution is -0.128. The Hall–Kier alpha value is -1.98. The van der Waals surface area contributed by atoms with E-state index >= 15 is 0 Å². The Morgan fingerprint density at radius 2 is 1.63 bits per heavy atom. The third-order valence-corrected chi connectivity index (χ3v) is 6.88. The van der Waals surface area contributed by atoms with Gasteiger partial charge in [-0.25, -0.2) is 13.6 Å². The summed E-state index contributed by atoms with van der Waals surface area (Å²) < 4.78 is 32.1. The van der Waals surface area contributed by atoms with E-state index < -0.39 is 35.7 Å². The molecule has 0 heterocycles. The molecule has 4 fully saturated rings. The number of benzene rings is 1. The normalized spacial score (nSPS) is 32.2. The fourth-order valence-corrected chi connectivity index (χ4v) is 6.04. The molecule has 0 aliphatic heterocycles. The summed E-state index contributed by atoms with van der Waals surface area (Å²) in [6.07, 6.45) is 7.44. The number of halogens is 2. The molecule has 5 rings (SSSR count). The highest BCUT2D eigenvalue weighted by atomic mass is 19.1. The summed E-state index contributed by atoms with van der Waals surface area (Å²) in [5.74, 6) is -1.26. The summed E-state index contributed by atoms with van der Waals surface area (Å²) in [4.78, 5) is 24.2. The van der Waals surface area contributed by atoms with Crippen LogP contribution in [0.5, 0.6) is 0 Å². The smallest absolute Gasteiger partial charge is 0.344 e. The first-order chi connectivity index (χ1) is 12.9. The second-order valence-corrected chi connectivity index (χ2v) is 8.74. The van der Waals surface area contributed by atoms with Crippen molar-refractivity contribution in [3.05, 3.63) is 35.4 Å². The van der Waals surface area contributed by atoms with Crippen LogP contribution in [0.4, 0.5) is 8.78 Å². The van der Waals surface area contributed by atoms with Crippen molar-refractivity contribution >= 4 is 11.9 Å². The van der Waals surface area contributed by atoms with Gasteiger partial charge in [-0.3, -0.25) is 4.79 Å². The predicted molar refractivity (Wildman–Crippen MR) is 94.9 cm³/mol. The molecular weight excluding hydrogens is 352 g/mol. The molecule has 4 bridgehead atoms. The monoisotopic (exact) mass is 377 g/mol. The van der Waals surface area contributed by atoms with Gasteiger partial charge >= 0.3 is 5.97 Å². The summed E-state index contributed by atoms with van der Waals surface area (Å²) in [6, 6.07) is 3.13. The minimum Gasteiger partial charge on any atom is -0.452 e. The van der Waals surface area contributed by atoms with Crippen molar-refractivity contribution in [1.82, 2.24) is 5.32 Å². The highest BCUT2D eigenvalue weighted by Gasteiger charge is 2.53. The summed E-state index contributed by atoms with van der Waals surface area (Å²) in [5.41, 5.74) is -0.620. The molecule has 146 valence electrons. The molecule has 0 aromatic heterocycles. The van der Waals surface area contributed by atoms with Crippen LogP contribution in [0, 0.1) is 34.8 Å². The first kappa shape index (κ1) is 18.4. The van der Waals surface area contributed by atoms with E-state index in [0.29, 0.717) is 0 Å². The molecule has 6 heteroatoms. The van der Waals surface area contributed by atoms with Crippen molar-refractivity contribution in [3.8, 4) is 0 Å². The zero-order chi connectivity index (χ0) is 19.2. The molecule has 4 nitrogen and oxygen atoms in total. The molecule has 1 unspecified atom stereocenters. The van der Waals surface area contributed by atoms with Crippen molar-refractivity contribution in [3.63, 3.8) is 0 Å². The van der Waals surface area contributed by atoms with Crippen LogP contribution in [0.3, 0.4) is 0 Å². The van der Waals surface area contributed by atoms with E-state index in [9.17, 15) is 18.4 Å². The molecule has 4 aliphatic rings. The van der Waals surface area contributed by atoms with Crippen LogP contribution in [0.25, 0.3) is 0 Å². The average molecular weight is 377 g/mol. The van der Waals surface area contributed by atoms with Gasteiger partial charge < -0.3 is 10.1 Å². The van der Waals surface area contributed by atoms with Gasteiger partial charge in [0.15, 0.2) is 6.61 Å². The van der Waals surface area contributed by atoms with E-state index in [4.69, 9.17) is 4.74 Å². The Bertz CT molecular complexity index is 708. The van der Waals surface area contributed by atoms with Gasteiger partial charge in [-0.1, -0.05) is 6.07 Å². The van der Waals surface area contributed by atoms with Gasteiger partial charge in [0.05, 0.1) is 0 Å². The van der Waals surface area contributed by atoms with Gasteiger partial charge in [0.2, 0.25) is 0 Å². The number of amides is 1. The zero-order valence-electron chi connectivity index (χ0n) is 15.5. The van der Waals surface area contributed by atoms with E-state index in [-0.39, 0.29) is 11.5 Å². The molecule has 0 saturated heterocycles. The minimum absolute atomic E-state index is 0.00213. The topological polar surface area (TPSA) is 55.4 Å². The van der Waals surface area contributed by atoms with Gasteiger partial charge in [-0.05, 0) is 80.8 Å². The number of carbonyl (C=O) groups excluding carboxylic acids is 2. The van der Waals surface area contributed by atoms with E-state index in [1.54, 1.807) is 0 Å². The molecular formula is C21H25F2NO3. The van der Waals surface area contributed by atoms with Crippen LogP contribution in [0.15, 0.2) is 18.2 Å². The largest absolute Gasteiger partial charge is 0.452 e. The maximum atomic E-state index is 13.6. The Balaban J connectivity index is 1.34. The van der Waals surface area contributed by atoms with Crippen molar-refractivity contribution < 1.29 is 23.1 Å². The fraction of sp³-hybridized carbons (Fsp3) is 0.619. The average Bonchev–Trinajstić information content (AvgIpc) is 2.58. The molecule has 1 atom stereocenters. The summed E-state index contributed by atoms with van der Waals surface area (Å²) in [5, 5.41) is 2.97. The summed E-state index contributed by atoms with van der Waals surface area (Å²) >= 11 is 0. The molecule has 4 aliphatic carbocycles. The third-order valence-electron chi connectivity index (χ3n) is 6.88. The first-order valence-electron chi connectivity index (χ1n) is 9.77. The van der Waals surface area contributed by atoms with Crippen molar-refractivity contribution in [2.45, 2.75) is 51.5 Å². The molecule has 0 spiro atoms. The molecule has 1 aromatic rings. The van der Waals surface area contributed by atoms with E-state index in [2.05, 4.69) is 5.32 Å². The SMILES string of the molecule is CC(NC(=O)COC(=O)c1c(F)cccc1F)C12CC3CC(CC(C3)C1)C2. The van der Waals surface area contributed by atoms with Crippen molar-refractivity contribution in [2.24, 2.45) is 23.2 Å². The second kappa shape index (κ2) is 6.88. The van der Waals surface area contributed by atoms with Gasteiger partial charge in [0.1, 0.15) is 17.2 Å². The highest BCUT2D eigenvalue weighted by Crippen LogP contribution is 2.61. The van der Waals surface area contributed by atoms with Gasteiger partial charge in [-0.15, -0.1) is 0 Å². The number of rotatable bonds is 5. The number of hydrogen-bond donors (Lipinski definition) is 1. The fourth-order valence-electron chi connectivity index (χ4n) is 6.04. The van der Waals surface area contributed by atoms with Crippen LogP contribution in [-0.4, -0.2) is 24.5 Å². The minimum atomic E-state index is -1.16. The number of ether oxygens (including phenoxy) is 1. The zero-order valence-corrected chi connectivity index (χ0v) is 15.5. The van der Waals surface area contributed by atoms with Crippen LogP contribution in [0.2, 0.25) is 0 Å². The van der Waals surface area contributed by atoms with Crippen molar-refractivity contribution in [2.75, 3.05) is 6.61 Å². The van der Waals surface area contributed by atoms with Crippen molar-refractivity contribution in [1.29, 1.82) is 0 Å². The number of nitrogens with one attached hydrogen (secondary N) is 1. The lowest BCUT2D eigenvalue weighted by atomic mass is 9.48. The Morgan fingerprint density at radius 3 is 2.15 bits per heavy atom. The quantitative estimate of drug-likeness (QED) is 0.793. The van der Waals surface area contributed by atoms with Crippen LogP contribution in [0.1, 0.15) is 55.8 Å². The summed E-state index contributed by atoms with van der Waals surface area (Å²) in [7, 11) is 0. The van der Waals surface area contributed by atoms with Gasteiger partial charge in [-0.2, -0.15) is 0 Å². The lowest BCUT2D eigenvalue weighted by Gasteiger charge is -2.59. The third kappa shape index (κ3) is 3.46. The second-order valence-electron chi connectivity index (χ2n) is 8.74. The number of esters is 1. The molecule has 1 aromatic carbocycles. The molecule has 4 saturated carbocycles. The maximum absolute atomic E-state index is 13.6. The Morgan fingerprint density at radius 1 is 1.11 bits per heavy atom. The lowest BCUT2D eigenvalue weighted by Crippen LogP contribution is -2.56. The maximum Gasteiger partial charge on any atom is 0.344 e. The summed E-state index contributed by atoms with van der Waals surface area (Å²) in [6.45, 7) is 1.49. The standard InChI is InChI=1S/C21H25F2NO3/c1-12(21-8-13-5-14(9-21)7-15(6-13)10-21)24-18(25)11-27-20(26)19-16(22)3-2-4-17(19)23/h2-4,12-15H,5-11H2,1H3,(H,24,25). The van der Waals surface area contributed by atoms with Crippen LogP contribution < -0.4 is 5.32 Å². The number of hydrogen-bond acceptors (Lipinski definition) is 3. The van der Waals surface area contributed by atoms with Gasteiger partial charge in [0, 0.05) is 6.04 Å². The predicted octanol–water partition coefficient (Wildman–Crippen LogP) is 3.84. The molecule has 1 amide bonds. The van der Waals surface area contributed by atoms with E-state index in [1.165, 1.54) is 25.3 Å². The van der Waals surface area contributed by atoms with E-state index in [0.717, 1.165) is 49.1 Å². The number of carbonyl (C=O) groups is 2. The Kier molecular flexibility index (Phi) is 4.68. The molecule has 1 N–H and O–H groups in total. The van der Waals surface area contributed by atoms with E-state index in [1.807, 2.05) is 6.92 Å². The van der Waals surface area contributed by atoms with Crippen LogP contribution in [-0.2, 0) is 9.53 Å². The Labute approximate surface area is 157 Å². The molecule has 27 heavy (non-hydrogen) atoms. The highest BCUT2D eigenvalue weighted by molar-refractivity contribution is 5.91. The first-order valence-corrected chi connectivity index (χ1v) is 9.77. The van der Waals surface area contributed by atoms with Gasteiger partial charge in [0.25, 0.3) is 5.91 Å². The van der Waals surface area contributed by atoms with Crippen LogP contribution >= 0.6 is 0 Å². The molecule has 0 radical (unpaired) electrons.